The van der Waals surface area contributed by atoms with Gasteiger partial charge in [-0.15, -0.1) is 0 Å². The predicted octanol–water partition coefficient (Wildman–Crippen LogP) is 3.42. The van der Waals surface area contributed by atoms with Gasteiger partial charge in [-0.25, -0.2) is 9.78 Å². The summed E-state index contributed by atoms with van der Waals surface area (Å²) in [4.78, 5) is 30.3. The Hall–Kier alpha value is -2.99. The van der Waals surface area contributed by atoms with Crippen molar-refractivity contribution in [3.63, 3.8) is 0 Å². The fourth-order valence-corrected chi connectivity index (χ4v) is 3.34. The van der Waals surface area contributed by atoms with E-state index in [-0.39, 0.29) is 17.8 Å². The first kappa shape index (κ1) is 17.4. The summed E-state index contributed by atoms with van der Waals surface area (Å²) >= 11 is 3.42. The fourth-order valence-electron chi connectivity index (χ4n) is 3.07. The molecule has 0 amide bonds. The molecule has 134 valence electrons. The van der Waals surface area contributed by atoms with E-state index in [2.05, 4.69) is 20.9 Å². The van der Waals surface area contributed by atoms with Crippen molar-refractivity contribution in [3.8, 4) is 0 Å². The lowest BCUT2D eigenvalue weighted by Crippen LogP contribution is -2.40. The van der Waals surface area contributed by atoms with Crippen molar-refractivity contribution in [2.75, 3.05) is 0 Å². The molecule has 0 atom stereocenters. The van der Waals surface area contributed by atoms with Crippen LogP contribution < -0.4 is 11.2 Å². The van der Waals surface area contributed by atoms with Gasteiger partial charge in [0.15, 0.2) is 5.52 Å². The van der Waals surface area contributed by atoms with Gasteiger partial charge in [-0.3, -0.25) is 13.9 Å². The molecular weight excluding hydrogens is 406 g/mol. The van der Waals surface area contributed by atoms with Gasteiger partial charge in [-0.05, 0) is 35.4 Å². The minimum Gasteiger partial charge on any atom is -0.287 e. The number of hydrogen-bond donors (Lipinski definition) is 0. The molecule has 2 aromatic carbocycles. The highest BCUT2D eigenvalue weighted by Gasteiger charge is 2.14. The van der Waals surface area contributed by atoms with Gasteiger partial charge in [0.05, 0.1) is 18.6 Å². The van der Waals surface area contributed by atoms with Crippen molar-refractivity contribution in [1.82, 2.24) is 14.1 Å². The maximum atomic E-state index is 13.2. The predicted molar refractivity (Wildman–Crippen MR) is 109 cm³/mol. The molecule has 0 saturated carbocycles. The summed E-state index contributed by atoms with van der Waals surface area (Å²) in [7, 11) is 0. The quantitative estimate of drug-likeness (QED) is 0.507. The van der Waals surface area contributed by atoms with Crippen LogP contribution in [0.3, 0.4) is 0 Å². The van der Waals surface area contributed by atoms with Crippen LogP contribution >= 0.6 is 15.9 Å². The van der Waals surface area contributed by atoms with Crippen molar-refractivity contribution in [1.29, 1.82) is 0 Å². The number of benzene rings is 2. The van der Waals surface area contributed by atoms with E-state index < -0.39 is 0 Å². The molecule has 0 aliphatic carbocycles. The molecule has 0 saturated heterocycles. The Morgan fingerprint density at radius 1 is 0.778 bits per heavy atom. The topological polar surface area (TPSA) is 56.9 Å². The van der Waals surface area contributed by atoms with Crippen LogP contribution in [0.15, 0.2) is 87.0 Å². The van der Waals surface area contributed by atoms with Gasteiger partial charge in [0, 0.05) is 10.7 Å². The first-order chi connectivity index (χ1) is 13.1. The molecule has 0 unspecified atom stereocenters. The Kier molecular flexibility index (Phi) is 4.73. The molecule has 0 aliphatic rings. The van der Waals surface area contributed by atoms with E-state index in [9.17, 15) is 9.59 Å². The van der Waals surface area contributed by atoms with Crippen LogP contribution in [0, 0.1) is 0 Å². The molecule has 5 nitrogen and oxygen atoms in total. The number of fused-ring (bicyclic) bond motifs is 1. The van der Waals surface area contributed by atoms with Gasteiger partial charge in [-0.2, -0.15) is 0 Å². The van der Waals surface area contributed by atoms with Crippen molar-refractivity contribution in [2.24, 2.45) is 0 Å². The van der Waals surface area contributed by atoms with E-state index >= 15 is 0 Å². The average molecular weight is 422 g/mol. The Morgan fingerprint density at radius 3 is 2.19 bits per heavy atom. The molecule has 0 aliphatic heterocycles. The monoisotopic (exact) mass is 421 g/mol. The maximum Gasteiger partial charge on any atom is 0.332 e. The van der Waals surface area contributed by atoms with Gasteiger partial charge < -0.3 is 0 Å². The van der Waals surface area contributed by atoms with Crippen molar-refractivity contribution >= 4 is 27.0 Å². The van der Waals surface area contributed by atoms with Crippen LogP contribution in [0.2, 0.25) is 0 Å². The lowest BCUT2D eigenvalue weighted by atomic mass is 10.2. The molecule has 0 radical (unpaired) electrons. The van der Waals surface area contributed by atoms with E-state index in [1.54, 1.807) is 22.9 Å². The summed E-state index contributed by atoms with van der Waals surface area (Å²) in [5.74, 6) is 0. The molecule has 6 heteroatoms. The molecule has 0 fully saturated rings. The van der Waals surface area contributed by atoms with Gasteiger partial charge in [0.25, 0.3) is 5.56 Å². The first-order valence-electron chi connectivity index (χ1n) is 8.50. The molecule has 27 heavy (non-hydrogen) atoms. The molecule has 0 bridgehead atoms. The lowest BCUT2D eigenvalue weighted by molar-refractivity contribution is 0.633. The number of hydrogen-bond acceptors (Lipinski definition) is 3. The van der Waals surface area contributed by atoms with Crippen molar-refractivity contribution in [3.05, 3.63) is 109 Å². The molecule has 4 rings (SSSR count). The van der Waals surface area contributed by atoms with Crippen LogP contribution in [0.4, 0.5) is 0 Å². The minimum absolute atomic E-state index is 0.214. The largest absolute Gasteiger partial charge is 0.332 e. The molecule has 2 aromatic heterocycles. The summed E-state index contributed by atoms with van der Waals surface area (Å²) in [5.41, 5.74) is 1.99. The summed E-state index contributed by atoms with van der Waals surface area (Å²) in [6.45, 7) is 0.578. The minimum atomic E-state index is -0.369. The standard InChI is InChI=1S/C21H16BrN3O2/c22-17-10-8-16(9-11-17)13-24-18-7-4-12-23-19(18)20(26)25(21(24)27)14-15-5-2-1-3-6-15/h1-12H,13-14H2. The van der Waals surface area contributed by atoms with Crippen LogP contribution in [0.1, 0.15) is 11.1 Å². The number of rotatable bonds is 4. The van der Waals surface area contributed by atoms with E-state index in [0.29, 0.717) is 17.6 Å². The fraction of sp³-hybridized carbons (Fsp3) is 0.0952. The smallest absolute Gasteiger partial charge is 0.287 e. The second-order valence-electron chi connectivity index (χ2n) is 6.24. The number of pyridine rings is 1. The van der Waals surface area contributed by atoms with Crippen LogP contribution in [-0.4, -0.2) is 14.1 Å². The Bertz CT molecular complexity index is 1210. The van der Waals surface area contributed by atoms with Crippen molar-refractivity contribution < 1.29 is 0 Å². The van der Waals surface area contributed by atoms with Gasteiger partial charge in [-0.1, -0.05) is 58.4 Å². The van der Waals surface area contributed by atoms with E-state index in [4.69, 9.17) is 0 Å². The zero-order valence-corrected chi connectivity index (χ0v) is 16.0. The summed E-state index contributed by atoms with van der Waals surface area (Å²) in [6.07, 6.45) is 1.57. The zero-order valence-electron chi connectivity index (χ0n) is 14.4. The van der Waals surface area contributed by atoms with Gasteiger partial charge >= 0.3 is 5.69 Å². The Labute approximate surface area is 163 Å². The number of aromatic nitrogens is 3. The molecule has 2 heterocycles. The molecule has 0 spiro atoms. The van der Waals surface area contributed by atoms with E-state index in [1.807, 2.05) is 54.6 Å². The van der Waals surface area contributed by atoms with Gasteiger partial charge in [0.2, 0.25) is 0 Å². The summed E-state index contributed by atoms with van der Waals surface area (Å²) < 4.78 is 3.83. The van der Waals surface area contributed by atoms with E-state index in [0.717, 1.165) is 15.6 Å². The third-order valence-corrected chi connectivity index (χ3v) is 4.95. The second-order valence-corrected chi connectivity index (χ2v) is 7.16. The Balaban J connectivity index is 1.90. The highest BCUT2D eigenvalue weighted by atomic mass is 79.9. The lowest BCUT2D eigenvalue weighted by Gasteiger charge is -2.14. The number of nitrogens with zero attached hydrogens (tertiary/aromatic N) is 3. The average Bonchev–Trinajstić information content (AvgIpc) is 2.71. The van der Waals surface area contributed by atoms with Crippen LogP contribution in [-0.2, 0) is 13.1 Å². The number of halogens is 1. The summed E-state index contributed by atoms with van der Waals surface area (Å²) in [5, 5.41) is 0. The SMILES string of the molecule is O=c1c2ncccc2n(Cc2ccc(Br)cc2)c(=O)n1Cc1ccccc1. The summed E-state index contributed by atoms with van der Waals surface area (Å²) in [6, 6.07) is 20.7. The van der Waals surface area contributed by atoms with E-state index in [1.165, 1.54) is 4.57 Å². The maximum absolute atomic E-state index is 13.2. The Morgan fingerprint density at radius 2 is 1.44 bits per heavy atom. The molecular formula is C21H16BrN3O2. The van der Waals surface area contributed by atoms with Crippen molar-refractivity contribution in [2.45, 2.75) is 13.1 Å². The highest BCUT2D eigenvalue weighted by Crippen LogP contribution is 2.13. The second kappa shape index (κ2) is 7.32. The normalized spacial score (nSPS) is 11.0. The third-order valence-electron chi connectivity index (χ3n) is 4.42. The first-order valence-corrected chi connectivity index (χ1v) is 9.29. The van der Waals surface area contributed by atoms with Gasteiger partial charge in [0.1, 0.15) is 0 Å². The third kappa shape index (κ3) is 3.48. The van der Waals surface area contributed by atoms with Crippen LogP contribution in [0.5, 0.6) is 0 Å². The molecule has 0 N–H and O–H groups in total. The highest BCUT2D eigenvalue weighted by molar-refractivity contribution is 9.10. The van der Waals surface area contributed by atoms with Crippen LogP contribution in [0.25, 0.3) is 11.0 Å². The molecule has 4 aromatic rings. The zero-order chi connectivity index (χ0) is 18.8.